The third-order valence-corrected chi connectivity index (χ3v) is 4.44. The lowest BCUT2D eigenvalue weighted by Gasteiger charge is -2.34. The Morgan fingerprint density at radius 3 is 2.72 bits per heavy atom. The van der Waals surface area contributed by atoms with E-state index in [-0.39, 0.29) is 17.7 Å². The molecule has 1 fully saturated rings. The van der Waals surface area contributed by atoms with Crippen LogP contribution in [0, 0.1) is 5.92 Å². The number of para-hydroxylation sites is 1. The molecule has 1 heterocycles. The molecule has 2 amide bonds. The van der Waals surface area contributed by atoms with E-state index in [9.17, 15) is 9.59 Å². The van der Waals surface area contributed by atoms with Gasteiger partial charge in [-0.3, -0.25) is 9.59 Å². The Morgan fingerprint density at radius 1 is 1.32 bits per heavy atom. The molecule has 1 unspecified atom stereocenters. The number of hydrogen-bond acceptors (Lipinski definition) is 4. The van der Waals surface area contributed by atoms with E-state index in [0.29, 0.717) is 32.7 Å². The zero-order valence-electron chi connectivity index (χ0n) is 15.2. The summed E-state index contributed by atoms with van der Waals surface area (Å²) in [7, 11) is 0. The summed E-state index contributed by atoms with van der Waals surface area (Å²) in [5, 5.41) is 2.97. The van der Waals surface area contributed by atoms with Crippen LogP contribution in [-0.4, -0.2) is 48.5 Å². The SMILES string of the molecule is CC(C)(CN)NC(=O)C1CCCN(C(=O)CCOc2ccccc2)C1. The number of nitrogens with zero attached hydrogens (tertiary/aromatic N) is 1. The van der Waals surface area contributed by atoms with Crippen LogP contribution in [0.3, 0.4) is 0 Å². The number of amides is 2. The maximum Gasteiger partial charge on any atom is 0.226 e. The number of piperidine rings is 1. The zero-order valence-corrected chi connectivity index (χ0v) is 15.2. The lowest BCUT2D eigenvalue weighted by molar-refractivity contribution is -0.136. The number of nitrogens with one attached hydrogen (secondary N) is 1. The van der Waals surface area contributed by atoms with Gasteiger partial charge in [0.25, 0.3) is 0 Å². The van der Waals surface area contributed by atoms with Crippen molar-refractivity contribution in [1.29, 1.82) is 0 Å². The van der Waals surface area contributed by atoms with Crippen LogP contribution in [0.25, 0.3) is 0 Å². The van der Waals surface area contributed by atoms with Gasteiger partial charge in [-0.15, -0.1) is 0 Å². The highest BCUT2D eigenvalue weighted by atomic mass is 16.5. The number of carbonyl (C=O) groups excluding carboxylic acids is 2. The first kappa shape index (κ1) is 19.2. The second-order valence-corrected chi connectivity index (χ2v) is 7.17. The molecular formula is C19H29N3O3. The summed E-state index contributed by atoms with van der Waals surface area (Å²) in [6.45, 7) is 5.70. The van der Waals surface area contributed by atoms with Crippen LogP contribution in [0.5, 0.6) is 5.75 Å². The molecule has 6 nitrogen and oxygen atoms in total. The minimum atomic E-state index is -0.424. The van der Waals surface area contributed by atoms with Gasteiger partial charge in [0.05, 0.1) is 18.9 Å². The Labute approximate surface area is 149 Å². The van der Waals surface area contributed by atoms with Crippen molar-refractivity contribution in [2.75, 3.05) is 26.2 Å². The van der Waals surface area contributed by atoms with E-state index in [0.717, 1.165) is 18.6 Å². The van der Waals surface area contributed by atoms with E-state index in [1.807, 2.05) is 44.2 Å². The highest BCUT2D eigenvalue weighted by Crippen LogP contribution is 2.19. The minimum absolute atomic E-state index is 0.0199. The molecule has 25 heavy (non-hydrogen) atoms. The van der Waals surface area contributed by atoms with Crippen molar-refractivity contribution in [3.63, 3.8) is 0 Å². The van der Waals surface area contributed by atoms with Crippen molar-refractivity contribution in [1.82, 2.24) is 10.2 Å². The van der Waals surface area contributed by atoms with Crippen LogP contribution in [0.2, 0.25) is 0 Å². The first-order chi connectivity index (χ1) is 11.9. The Bertz CT molecular complexity index is 575. The first-order valence-electron chi connectivity index (χ1n) is 8.89. The molecule has 0 aliphatic carbocycles. The van der Waals surface area contributed by atoms with Gasteiger partial charge in [0.2, 0.25) is 11.8 Å². The van der Waals surface area contributed by atoms with Crippen molar-refractivity contribution >= 4 is 11.8 Å². The molecule has 0 spiro atoms. The van der Waals surface area contributed by atoms with Gasteiger partial charge in [0, 0.05) is 25.2 Å². The Morgan fingerprint density at radius 2 is 2.04 bits per heavy atom. The summed E-state index contributed by atoms with van der Waals surface area (Å²) in [4.78, 5) is 26.6. The molecular weight excluding hydrogens is 318 g/mol. The van der Waals surface area contributed by atoms with Gasteiger partial charge < -0.3 is 20.7 Å². The van der Waals surface area contributed by atoms with Crippen molar-refractivity contribution in [3.8, 4) is 5.75 Å². The van der Waals surface area contributed by atoms with Crippen molar-refractivity contribution in [3.05, 3.63) is 30.3 Å². The van der Waals surface area contributed by atoms with Gasteiger partial charge in [0.1, 0.15) is 5.75 Å². The normalized spacial score (nSPS) is 17.9. The van der Waals surface area contributed by atoms with Crippen LogP contribution >= 0.6 is 0 Å². The molecule has 1 aromatic rings. The van der Waals surface area contributed by atoms with Gasteiger partial charge in [-0.25, -0.2) is 0 Å². The highest BCUT2D eigenvalue weighted by molar-refractivity contribution is 5.82. The van der Waals surface area contributed by atoms with E-state index in [1.165, 1.54) is 0 Å². The van der Waals surface area contributed by atoms with Crippen LogP contribution < -0.4 is 15.8 Å². The molecule has 3 N–H and O–H groups in total. The maximum atomic E-state index is 12.4. The molecule has 0 bridgehead atoms. The Hall–Kier alpha value is -2.08. The Balaban J connectivity index is 1.79. The standard InChI is InChI=1S/C19H29N3O3/c1-19(2,14-20)21-18(24)15-7-6-11-22(13-15)17(23)10-12-25-16-8-4-3-5-9-16/h3-5,8-9,15H,6-7,10-14,20H2,1-2H3,(H,21,24). The quantitative estimate of drug-likeness (QED) is 0.784. The fourth-order valence-electron chi connectivity index (χ4n) is 2.84. The summed E-state index contributed by atoms with van der Waals surface area (Å²) in [5.41, 5.74) is 5.25. The maximum absolute atomic E-state index is 12.4. The van der Waals surface area contributed by atoms with E-state index in [4.69, 9.17) is 10.5 Å². The highest BCUT2D eigenvalue weighted by Gasteiger charge is 2.30. The number of carbonyl (C=O) groups is 2. The largest absolute Gasteiger partial charge is 0.493 e. The van der Waals surface area contributed by atoms with Crippen molar-refractivity contribution < 1.29 is 14.3 Å². The first-order valence-corrected chi connectivity index (χ1v) is 8.89. The van der Waals surface area contributed by atoms with Gasteiger partial charge in [0.15, 0.2) is 0 Å². The average Bonchev–Trinajstić information content (AvgIpc) is 2.62. The number of hydrogen-bond donors (Lipinski definition) is 2. The molecule has 0 saturated carbocycles. The predicted octanol–water partition coefficient (Wildman–Crippen LogP) is 1.55. The topological polar surface area (TPSA) is 84.7 Å². The fourth-order valence-corrected chi connectivity index (χ4v) is 2.84. The average molecular weight is 347 g/mol. The second-order valence-electron chi connectivity index (χ2n) is 7.17. The van der Waals surface area contributed by atoms with Crippen LogP contribution in [-0.2, 0) is 9.59 Å². The molecule has 0 aromatic heterocycles. The molecule has 1 atom stereocenters. The molecule has 6 heteroatoms. The lowest BCUT2D eigenvalue weighted by atomic mass is 9.95. The number of likely N-dealkylation sites (tertiary alicyclic amines) is 1. The van der Waals surface area contributed by atoms with Gasteiger partial charge in [-0.2, -0.15) is 0 Å². The molecule has 1 aliphatic rings. The van der Waals surface area contributed by atoms with Crippen molar-refractivity contribution in [2.24, 2.45) is 11.7 Å². The van der Waals surface area contributed by atoms with Crippen LogP contribution in [0.4, 0.5) is 0 Å². The zero-order chi connectivity index (χ0) is 18.3. The number of rotatable bonds is 7. The third-order valence-electron chi connectivity index (χ3n) is 4.44. The smallest absolute Gasteiger partial charge is 0.226 e. The number of nitrogens with two attached hydrogens (primary N) is 1. The summed E-state index contributed by atoms with van der Waals surface area (Å²) in [5.74, 6) is 0.605. The van der Waals surface area contributed by atoms with E-state index < -0.39 is 5.54 Å². The summed E-state index contributed by atoms with van der Waals surface area (Å²) >= 11 is 0. The van der Waals surface area contributed by atoms with Crippen LogP contribution in [0.15, 0.2) is 30.3 Å². The number of ether oxygens (including phenoxy) is 1. The van der Waals surface area contributed by atoms with Crippen molar-refractivity contribution in [2.45, 2.75) is 38.6 Å². The van der Waals surface area contributed by atoms with Gasteiger partial charge >= 0.3 is 0 Å². The molecule has 1 saturated heterocycles. The molecule has 1 aliphatic heterocycles. The predicted molar refractivity (Wildman–Crippen MR) is 97.1 cm³/mol. The van der Waals surface area contributed by atoms with E-state index in [2.05, 4.69) is 5.32 Å². The lowest BCUT2D eigenvalue weighted by Crippen LogP contribution is -2.53. The third kappa shape index (κ3) is 6.05. The summed E-state index contributed by atoms with van der Waals surface area (Å²) in [6.07, 6.45) is 1.96. The monoisotopic (exact) mass is 347 g/mol. The molecule has 2 rings (SSSR count). The fraction of sp³-hybridized carbons (Fsp3) is 0.579. The summed E-state index contributed by atoms with van der Waals surface area (Å²) < 4.78 is 5.58. The van der Waals surface area contributed by atoms with Crippen LogP contribution in [0.1, 0.15) is 33.1 Å². The minimum Gasteiger partial charge on any atom is -0.493 e. The molecule has 0 radical (unpaired) electrons. The van der Waals surface area contributed by atoms with Gasteiger partial charge in [-0.05, 0) is 38.8 Å². The Kier molecular flexibility index (Phi) is 6.82. The molecule has 138 valence electrons. The van der Waals surface area contributed by atoms with E-state index >= 15 is 0 Å². The van der Waals surface area contributed by atoms with Gasteiger partial charge in [-0.1, -0.05) is 18.2 Å². The van der Waals surface area contributed by atoms with E-state index in [1.54, 1.807) is 4.90 Å². The number of benzene rings is 1. The second kappa shape index (κ2) is 8.85. The molecule has 1 aromatic carbocycles. The summed E-state index contributed by atoms with van der Waals surface area (Å²) in [6, 6.07) is 9.44.